The van der Waals surface area contributed by atoms with Crippen LogP contribution in [0.2, 0.25) is 0 Å². The minimum atomic E-state index is 0.0938. The fraction of sp³-hybridized carbons (Fsp3) is 0.538. The first-order chi connectivity index (χ1) is 7.14. The van der Waals surface area contributed by atoms with E-state index < -0.39 is 0 Å². The predicted molar refractivity (Wildman–Crippen MR) is 63.9 cm³/mol. The molecule has 0 atom stereocenters. The van der Waals surface area contributed by atoms with Gasteiger partial charge in [-0.1, -0.05) is 30.3 Å². The smallest absolute Gasteiger partial charge is 0.0443 e. The van der Waals surface area contributed by atoms with Gasteiger partial charge in [-0.15, -0.1) is 0 Å². The molecule has 0 aliphatic heterocycles. The number of hydrogen-bond acceptors (Lipinski definition) is 2. The summed E-state index contributed by atoms with van der Waals surface area (Å²) in [5.41, 5.74) is 1.44. The molecule has 0 amide bonds. The van der Waals surface area contributed by atoms with Crippen molar-refractivity contribution in [2.45, 2.75) is 32.2 Å². The molecule has 15 heavy (non-hydrogen) atoms. The van der Waals surface area contributed by atoms with Crippen molar-refractivity contribution in [1.82, 2.24) is 5.32 Å². The fourth-order valence-electron chi connectivity index (χ4n) is 1.67. The van der Waals surface area contributed by atoms with Crippen LogP contribution < -0.4 is 5.32 Å². The largest absolute Gasteiger partial charge is 0.396 e. The van der Waals surface area contributed by atoms with Gasteiger partial charge in [0.2, 0.25) is 0 Å². The van der Waals surface area contributed by atoms with Gasteiger partial charge >= 0.3 is 0 Å². The highest BCUT2D eigenvalue weighted by Gasteiger charge is 2.16. The average Bonchev–Trinajstić information content (AvgIpc) is 2.18. The van der Waals surface area contributed by atoms with Gasteiger partial charge in [0.25, 0.3) is 0 Å². The van der Waals surface area contributed by atoms with E-state index in [1.165, 1.54) is 5.56 Å². The van der Waals surface area contributed by atoms with Crippen LogP contribution in [0.1, 0.15) is 25.8 Å². The third-order valence-electron chi connectivity index (χ3n) is 2.43. The standard InChI is InChI=1S/C13H21NO/c1-13(2,14-9-6-10-15)11-12-7-4-3-5-8-12/h3-5,7-8,14-15H,6,9-11H2,1-2H3. The molecule has 0 saturated heterocycles. The van der Waals surface area contributed by atoms with Gasteiger partial charge in [0.05, 0.1) is 0 Å². The van der Waals surface area contributed by atoms with Crippen LogP contribution in [-0.4, -0.2) is 23.8 Å². The maximum atomic E-state index is 8.71. The molecule has 1 aromatic rings. The molecule has 0 bridgehead atoms. The Labute approximate surface area is 92.3 Å². The van der Waals surface area contributed by atoms with Gasteiger partial charge in [0, 0.05) is 12.1 Å². The second-order valence-electron chi connectivity index (χ2n) is 4.55. The van der Waals surface area contributed by atoms with Gasteiger partial charge in [0.15, 0.2) is 0 Å². The molecule has 0 radical (unpaired) electrons. The molecule has 0 heterocycles. The van der Waals surface area contributed by atoms with Crippen molar-refractivity contribution >= 4 is 0 Å². The molecule has 0 aromatic heterocycles. The van der Waals surface area contributed by atoms with Crippen LogP contribution >= 0.6 is 0 Å². The first-order valence-electron chi connectivity index (χ1n) is 5.54. The molecule has 0 unspecified atom stereocenters. The highest BCUT2D eigenvalue weighted by atomic mass is 16.3. The number of aliphatic hydroxyl groups excluding tert-OH is 1. The van der Waals surface area contributed by atoms with Crippen molar-refractivity contribution in [2.75, 3.05) is 13.2 Å². The van der Waals surface area contributed by atoms with Crippen LogP contribution in [0.25, 0.3) is 0 Å². The molecule has 0 aliphatic rings. The third kappa shape index (κ3) is 4.96. The summed E-state index contributed by atoms with van der Waals surface area (Å²) in [6.45, 7) is 5.51. The highest BCUT2D eigenvalue weighted by Crippen LogP contribution is 2.12. The monoisotopic (exact) mass is 207 g/mol. The zero-order chi connectivity index (χ0) is 11.1. The fourth-order valence-corrected chi connectivity index (χ4v) is 1.67. The van der Waals surface area contributed by atoms with E-state index in [1.54, 1.807) is 0 Å². The number of nitrogens with one attached hydrogen (secondary N) is 1. The van der Waals surface area contributed by atoms with E-state index in [0.29, 0.717) is 0 Å². The van der Waals surface area contributed by atoms with E-state index in [4.69, 9.17) is 5.11 Å². The molecule has 1 aromatic carbocycles. The Kier molecular flexibility index (Phi) is 4.79. The third-order valence-corrected chi connectivity index (χ3v) is 2.43. The molecule has 0 aliphatic carbocycles. The van der Waals surface area contributed by atoms with E-state index in [9.17, 15) is 0 Å². The molecule has 0 fully saturated rings. The van der Waals surface area contributed by atoms with Gasteiger partial charge < -0.3 is 10.4 Å². The second kappa shape index (κ2) is 5.89. The Balaban J connectivity index is 2.42. The summed E-state index contributed by atoms with van der Waals surface area (Å²) < 4.78 is 0. The van der Waals surface area contributed by atoms with Crippen LogP contribution in [0.3, 0.4) is 0 Å². The summed E-state index contributed by atoms with van der Waals surface area (Å²) in [7, 11) is 0. The van der Waals surface area contributed by atoms with E-state index in [0.717, 1.165) is 19.4 Å². The molecular weight excluding hydrogens is 186 g/mol. The Morgan fingerprint density at radius 3 is 2.47 bits per heavy atom. The van der Waals surface area contributed by atoms with E-state index in [2.05, 4.69) is 43.4 Å². The van der Waals surface area contributed by atoms with E-state index >= 15 is 0 Å². The van der Waals surface area contributed by atoms with Crippen LogP contribution in [0.15, 0.2) is 30.3 Å². The Morgan fingerprint density at radius 1 is 1.20 bits per heavy atom. The van der Waals surface area contributed by atoms with Gasteiger partial charge in [-0.3, -0.25) is 0 Å². The first kappa shape index (κ1) is 12.2. The highest BCUT2D eigenvalue weighted by molar-refractivity contribution is 5.17. The molecule has 0 spiro atoms. The maximum Gasteiger partial charge on any atom is 0.0443 e. The van der Waals surface area contributed by atoms with Crippen LogP contribution in [0.5, 0.6) is 0 Å². The SMILES string of the molecule is CC(C)(Cc1ccccc1)NCCCO. The Hall–Kier alpha value is -0.860. The van der Waals surface area contributed by atoms with Gasteiger partial charge in [-0.25, -0.2) is 0 Å². The van der Waals surface area contributed by atoms with E-state index in [-0.39, 0.29) is 12.1 Å². The van der Waals surface area contributed by atoms with Crippen LogP contribution in [0.4, 0.5) is 0 Å². The zero-order valence-corrected chi connectivity index (χ0v) is 9.66. The van der Waals surface area contributed by atoms with Gasteiger partial charge in [-0.2, -0.15) is 0 Å². The number of benzene rings is 1. The summed E-state index contributed by atoms with van der Waals surface area (Å²) in [5.74, 6) is 0. The summed E-state index contributed by atoms with van der Waals surface area (Å²) in [4.78, 5) is 0. The second-order valence-corrected chi connectivity index (χ2v) is 4.55. The van der Waals surface area contributed by atoms with Crippen molar-refractivity contribution in [3.8, 4) is 0 Å². The topological polar surface area (TPSA) is 32.3 Å². The Bertz CT molecular complexity index is 269. The molecule has 2 heteroatoms. The van der Waals surface area contributed by atoms with Gasteiger partial charge in [0.1, 0.15) is 0 Å². The van der Waals surface area contributed by atoms with Crippen molar-refractivity contribution in [3.05, 3.63) is 35.9 Å². The minimum absolute atomic E-state index is 0.0938. The molecule has 1 rings (SSSR count). The molecule has 2 N–H and O–H groups in total. The molecule has 0 saturated carbocycles. The molecule has 84 valence electrons. The van der Waals surface area contributed by atoms with E-state index in [1.807, 2.05) is 6.07 Å². The number of aliphatic hydroxyl groups is 1. The summed E-state index contributed by atoms with van der Waals surface area (Å²) in [6.07, 6.45) is 1.83. The lowest BCUT2D eigenvalue weighted by atomic mass is 9.95. The zero-order valence-electron chi connectivity index (χ0n) is 9.66. The quantitative estimate of drug-likeness (QED) is 0.699. The maximum absolute atomic E-state index is 8.71. The van der Waals surface area contributed by atoms with Crippen molar-refractivity contribution in [1.29, 1.82) is 0 Å². The lowest BCUT2D eigenvalue weighted by Crippen LogP contribution is -2.42. The predicted octanol–water partition coefficient (Wildman–Crippen LogP) is 1.98. The van der Waals surface area contributed by atoms with Crippen LogP contribution in [-0.2, 0) is 6.42 Å². The summed E-state index contributed by atoms with van der Waals surface area (Å²) in [6, 6.07) is 10.5. The van der Waals surface area contributed by atoms with Gasteiger partial charge in [-0.05, 0) is 38.8 Å². The van der Waals surface area contributed by atoms with Crippen molar-refractivity contribution in [2.24, 2.45) is 0 Å². The summed E-state index contributed by atoms with van der Waals surface area (Å²) in [5, 5.41) is 12.2. The lowest BCUT2D eigenvalue weighted by molar-refractivity contribution is 0.274. The average molecular weight is 207 g/mol. The first-order valence-corrected chi connectivity index (χ1v) is 5.54. The number of hydrogen-bond donors (Lipinski definition) is 2. The van der Waals surface area contributed by atoms with Crippen molar-refractivity contribution < 1.29 is 5.11 Å². The normalized spacial score (nSPS) is 11.7. The summed E-state index contributed by atoms with van der Waals surface area (Å²) >= 11 is 0. The van der Waals surface area contributed by atoms with Crippen molar-refractivity contribution in [3.63, 3.8) is 0 Å². The molecule has 2 nitrogen and oxygen atoms in total. The lowest BCUT2D eigenvalue weighted by Gasteiger charge is -2.26. The minimum Gasteiger partial charge on any atom is -0.396 e. The van der Waals surface area contributed by atoms with Crippen LogP contribution in [0, 0.1) is 0 Å². The molecular formula is C13H21NO. The number of rotatable bonds is 6. The Morgan fingerprint density at radius 2 is 1.87 bits per heavy atom.